The van der Waals surface area contributed by atoms with Crippen LogP contribution in [0.2, 0.25) is 0 Å². The van der Waals surface area contributed by atoms with Gasteiger partial charge in [-0.05, 0) is 24.2 Å². The van der Waals surface area contributed by atoms with E-state index in [9.17, 15) is 13.2 Å². The van der Waals surface area contributed by atoms with Crippen LogP contribution in [-0.4, -0.2) is 67.9 Å². The first-order valence-corrected chi connectivity index (χ1v) is 8.69. The number of hydrogen-bond donors (Lipinski definition) is 2. The summed E-state index contributed by atoms with van der Waals surface area (Å²) in [5.74, 6) is 0.0762. The number of hydrogen-bond acceptors (Lipinski definition) is 4. The topological polar surface area (TPSA) is 66.1 Å². The average molecular weight is 373 g/mol. The molecule has 0 bridgehead atoms. The minimum Gasteiger partial charge on any atom is -0.406 e. The van der Waals surface area contributed by atoms with E-state index in [1.807, 2.05) is 0 Å². The van der Waals surface area contributed by atoms with E-state index in [1.54, 1.807) is 0 Å². The van der Waals surface area contributed by atoms with Gasteiger partial charge in [0.05, 0.1) is 6.54 Å². The Balaban J connectivity index is 1.68. The summed E-state index contributed by atoms with van der Waals surface area (Å²) in [6, 6.07) is 5.59. The third-order valence-electron chi connectivity index (χ3n) is 4.24. The lowest BCUT2D eigenvalue weighted by Gasteiger charge is -2.33. The molecule has 0 aromatic heterocycles. The maximum Gasteiger partial charge on any atom is 0.573 e. The number of nitrogens with two attached hydrogens (primary N) is 1. The van der Waals surface area contributed by atoms with Crippen molar-refractivity contribution < 1.29 is 17.9 Å². The molecular formula is C17H26F3N5O. The minimum atomic E-state index is -4.68. The summed E-state index contributed by atoms with van der Waals surface area (Å²) < 4.78 is 40.2. The van der Waals surface area contributed by atoms with Crippen molar-refractivity contribution in [2.24, 2.45) is 10.7 Å². The maximum atomic E-state index is 12.1. The van der Waals surface area contributed by atoms with Gasteiger partial charge in [0.1, 0.15) is 5.75 Å². The minimum absolute atomic E-state index is 0.250. The number of aliphatic imine (C=N–C) groups is 1. The van der Waals surface area contributed by atoms with Crippen LogP contribution in [0.25, 0.3) is 0 Å². The third kappa shape index (κ3) is 7.49. The van der Waals surface area contributed by atoms with Crippen molar-refractivity contribution in [2.75, 3.05) is 45.8 Å². The van der Waals surface area contributed by atoms with E-state index < -0.39 is 6.36 Å². The largest absolute Gasteiger partial charge is 0.573 e. The van der Waals surface area contributed by atoms with Crippen molar-refractivity contribution >= 4 is 5.96 Å². The maximum absolute atomic E-state index is 12.1. The number of halogens is 3. The van der Waals surface area contributed by atoms with Crippen LogP contribution in [0.1, 0.15) is 12.5 Å². The van der Waals surface area contributed by atoms with Gasteiger partial charge in [-0.25, -0.2) is 4.99 Å². The molecule has 1 aromatic carbocycles. The summed E-state index contributed by atoms with van der Waals surface area (Å²) >= 11 is 0. The van der Waals surface area contributed by atoms with Gasteiger partial charge in [-0.3, -0.25) is 4.90 Å². The molecule has 1 aliphatic rings. The van der Waals surface area contributed by atoms with Crippen LogP contribution >= 0.6 is 0 Å². The standard InChI is InChI=1S/C17H26F3N5O/c1-2-24-9-11-25(12-10-24)8-7-22-16(21)23-13-14-3-5-15(6-4-14)26-17(18,19)20/h3-6H,2,7-13H2,1H3,(H3,21,22,23). The fourth-order valence-electron chi connectivity index (χ4n) is 2.70. The smallest absolute Gasteiger partial charge is 0.406 e. The third-order valence-corrected chi connectivity index (χ3v) is 4.24. The van der Waals surface area contributed by atoms with Crippen LogP contribution in [0.3, 0.4) is 0 Å². The number of benzene rings is 1. The fraction of sp³-hybridized carbons (Fsp3) is 0.588. The molecule has 3 N–H and O–H groups in total. The van der Waals surface area contributed by atoms with Crippen LogP contribution < -0.4 is 15.8 Å². The molecule has 1 aromatic rings. The summed E-state index contributed by atoms with van der Waals surface area (Å²) in [7, 11) is 0. The summed E-state index contributed by atoms with van der Waals surface area (Å²) in [5, 5.41) is 3.07. The highest BCUT2D eigenvalue weighted by Gasteiger charge is 2.30. The lowest BCUT2D eigenvalue weighted by molar-refractivity contribution is -0.274. The second-order valence-corrected chi connectivity index (χ2v) is 6.10. The zero-order valence-corrected chi connectivity index (χ0v) is 14.9. The zero-order valence-electron chi connectivity index (χ0n) is 14.9. The van der Waals surface area contributed by atoms with E-state index in [1.165, 1.54) is 24.3 Å². The normalized spacial score (nSPS) is 17.3. The van der Waals surface area contributed by atoms with Gasteiger partial charge in [0.15, 0.2) is 5.96 Å². The Morgan fingerprint density at radius 3 is 2.35 bits per heavy atom. The first kappa shape index (κ1) is 20.3. The number of likely N-dealkylation sites (N-methyl/N-ethyl adjacent to an activating group) is 1. The number of guanidine groups is 1. The van der Waals surface area contributed by atoms with Crippen LogP contribution in [0.15, 0.2) is 29.3 Å². The van der Waals surface area contributed by atoms with Crippen LogP contribution in [0.5, 0.6) is 5.75 Å². The Bertz CT molecular complexity index is 569. The van der Waals surface area contributed by atoms with Crippen molar-refractivity contribution in [3.63, 3.8) is 0 Å². The zero-order chi connectivity index (χ0) is 19.0. The average Bonchev–Trinajstić information content (AvgIpc) is 2.60. The molecule has 0 spiro atoms. The first-order chi connectivity index (χ1) is 12.4. The van der Waals surface area contributed by atoms with Crippen molar-refractivity contribution in [1.29, 1.82) is 0 Å². The molecule has 0 amide bonds. The number of piperazine rings is 1. The highest BCUT2D eigenvalue weighted by atomic mass is 19.4. The van der Waals surface area contributed by atoms with Crippen LogP contribution in [0.4, 0.5) is 13.2 Å². The molecule has 1 heterocycles. The van der Waals surface area contributed by atoms with Gasteiger partial charge >= 0.3 is 6.36 Å². The van der Waals surface area contributed by atoms with E-state index in [0.29, 0.717) is 19.0 Å². The van der Waals surface area contributed by atoms with Gasteiger partial charge in [-0.1, -0.05) is 19.1 Å². The predicted octanol–water partition coefficient (Wildman–Crippen LogP) is 1.63. The second-order valence-electron chi connectivity index (χ2n) is 6.10. The van der Waals surface area contributed by atoms with Crippen molar-refractivity contribution in [3.8, 4) is 5.75 Å². The van der Waals surface area contributed by atoms with Gasteiger partial charge in [0.25, 0.3) is 0 Å². The molecule has 0 radical (unpaired) electrons. The lowest BCUT2D eigenvalue weighted by atomic mass is 10.2. The van der Waals surface area contributed by atoms with Gasteiger partial charge in [-0.2, -0.15) is 0 Å². The van der Waals surface area contributed by atoms with E-state index in [-0.39, 0.29) is 5.75 Å². The molecule has 2 rings (SSSR count). The van der Waals surface area contributed by atoms with E-state index >= 15 is 0 Å². The number of alkyl halides is 3. The second kappa shape index (κ2) is 9.63. The molecule has 6 nitrogen and oxygen atoms in total. The molecule has 9 heteroatoms. The molecule has 1 aliphatic heterocycles. The molecule has 26 heavy (non-hydrogen) atoms. The van der Waals surface area contributed by atoms with E-state index in [4.69, 9.17) is 5.73 Å². The van der Waals surface area contributed by atoms with Crippen molar-refractivity contribution in [2.45, 2.75) is 19.8 Å². The Kier molecular flexibility index (Phi) is 7.52. The van der Waals surface area contributed by atoms with Gasteiger partial charge in [0, 0.05) is 39.3 Å². The number of nitrogens with one attached hydrogen (secondary N) is 1. The fourth-order valence-corrected chi connectivity index (χ4v) is 2.70. The predicted molar refractivity (Wildman–Crippen MR) is 95.0 cm³/mol. The summed E-state index contributed by atoms with van der Waals surface area (Å²) in [6.45, 7) is 9.46. The number of nitrogens with zero attached hydrogens (tertiary/aromatic N) is 3. The molecule has 0 unspecified atom stereocenters. The Morgan fingerprint density at radius 1 is 1.15 bits per heavy atom. The Labute approximate surface area is 151 Å². The first-order valence-electron chi connectivity index (χ1n) is 8.69. The molecule has 1 saturated heterocycles. The quantitative estimate of drug-likeness (QED) is 0.562. The molecule has 0 atom stereocenters. The molecule has 1 fully saturated rings. The van der Waals surface area contributed by atoms with Crippen LogP contribution in [-0.2, 0) is 6.54 Å². The van der Waals surface area contributed by atoms with Crippen LogP contribution in [0, 0.1) is 0 Å². The number of rotatable bonds is 7. The summed E-state index contributed by atoms with van der Waals surface area (Å²) in [4.78, 5) is 9.00. The molecule has 0 aliphatic carbocycles. The SMILES string of the molecule is CCN1CCN(CCNC(N)=NCc2ccc(OC(F)(F)F)cc2)CC1. The van der Waals surface area contributed by atoms with Gasteiger partial charge in [-0.15, -0.1) is 13.2 Å². The molecule has 146 valence electrons. The highest BCUT2D eigenvalue weighted by Crippen LogP contribution is 2.22. The van der Waals surface area contributed by atoms with E-state index in [2.05, 4.69) is 31.8 Å². The lowest BCUT2D eigenvalue weighted by Crippen LogP contribution is -2.48. The Hall–Kier alpha value is -2.00. The van der Waals surface area contributed by atoms with Crippen molar-refractivity contribution in [3.05, 3.63) is 29.8 Å². The highest BCUT2D eigenvalue weighted by molar-refractivity contribution is 5.77. The Morgan fingerprint density at radius 2 is 1.77 bits per heavy atom. The molecular weight excluding hydrogens is 347 g/mol. The van der Waals surface area contributed by atoms with Gasteiger partial charge < -0.3 is 20.7 Å². The van der Waals surface area contributed by atoms with E-state index in [0.717, 1.165) is 44.8 Å². The summed E-state index contributed by atoms with van der Waals surface area (Å²) in [5.41, 5.74) is 6.58. The summed E-state index contributed by atoms with van der Waals surface area (Å²) in [6.07, 6.45) is -4.68. The molecule has 0 saturated carbocycles. The van der Waals surface area contributed by atoms with Crippen molar-refractivity contribution in [1.82, 2.24) is 15.1 Å². The monoisotopic (exact) mass is 373 g/mol. The van der Waals surface area contributed by atoms with Gasteiger partial charge in [0.2, 0.25) is 0 Å². The number of ether oxygens (including phenoxy) is 1.